The summed E-state index contributed by atoms with van der Waals surface area (Å²) in [5.41, 5.74) is 1.90. The molecule has 0 saturated carbocycles. The van der Waals surface area contributed by atoms with Crippen LogP contribution in [0.4, 0.5) is 16.2 Å². The Morgan fingerprint density at radius 3 is 2.57 bits per heavy atom. The Balaban J connectivity index is 2.04. The van der Waals surface area contributed by atoms with Gasteiger partial charge < -0.3 is 10.6 Å². The molecule has 2 aromatic rings. The Labute approximate surface area is 124 Å². The van der Waals surface area contributed by atoms with Gasteiger partial charge in [-0.05, 0) is 38.0 Å². The Bertz CT molecular complexity index is 583. The fraction of sp³-hybridized carbons (Fsp3) is 0.375. The van der Waals surface area contributed by atoms with Crippen LogP contribution in [-0.2, 0) is 6.54 Å². The molecule has 0 bridgehead atoms. The number of hydrogen-bond donors (Lipinski definition) is 2. The summed E-state index contributed by atoms with van der Waals surface area (Å²) >= 11 is 0. The minimum absolute atomic E-state index is 0.225. The summed E-state index contributed by atoms with van der Waals surface area (Å²) in [4.78, 5) is 8.82. The zero-order valence-corrected chi connectivity index (χ0v) is 12.7. The van der Waals surface area contributed by atoms with E-state index in [1.807, 2.05) is 13.0 Å². The summed E-state index contributed by atoms with van der Waals surface area (Å²) in [6.07, 6.45) is 1.01. The van der Waals surface area contributed by atoms with Crippen LogP contribution in [0.15, 0.2) is 30.3 Å². The van der Waals surface area contributed by atoms with Gasteiger partial charge in [-0.3, -0.25) is 0 Å². The lowest BCUT2D eigenvalue weighted by Gasteiger charge is -2.13. The monoisotopic (exact) mass is 288 g/mol. The maximum absolute atomic E-state index is 12.9. The van der Waals surface area contributed by atoms with Crippen LogP contribution in [0, 0.1) is 12.7 Å². The number of hydrogen-bond acceptors (Lipinski definition) is 4. The van der Waals surface area contributed by atoms with E-state index in [0.29, 0.717) is 18.5 Å². The Kier molecular flexibility index (Phi) is 5.09. The van der Waals surface area contributed by atoms with Crippen molar-refractivity contribution in [2.75, 3.05) is 10.6 Å². The minimum Gasteiger partial charge on any atom is -0.366 e. The van der Waals surface area contributed by atoms with Crippen LogP contribution in [0.25, 0.3) is 0 Å². The summed E-state index contributed by atoms with van der Waals surface area (Å²) in [6, 6.07) is 8.65. The number of aryl methyl sites for hydroxylation is 1. The molecule has 0 radical (unpaired) electrons. The number of benzene rings is 1. The lowest BCUT2D eigenvalue weighted by atomic mass is 10.2. The van der Waals surface area contributed by atoms with Gasteiger partial charge in [0.05, 0.1) is 0 Å². The van der Waals surface area contributed by atoms with Gasteiger partial charge in [0, 0.05) is 24.3 Å². The molecule has 2 rings (SSSR count). The van der Waals surface area contributed by atoms with Gasteiger partial charge in [-0.1, -0.05) is 19.1 Å². The quantitative estimate of drug-likeness (QED) is 0.850. The maximum Gasteiger partial charge on any atom is 0.225 e. The summed E-state index contributed by atoms with van der Waals surface area (Å²) in [7, 11) is 0. The molecule has 4 nitrogen and oxygen atoms in total. The molecule has 1 aromatic heterocycles. The summed E-state index contributed by atoms with van der Waals surface area (Å²) in [5.74, 6) is 1.17. The molecule has 0 aliphatic rings. The number of rotatable bonds is 6. The van der Waals surface area contributed by atoms with Crippen molar-refractivity contribution in [1.29, 1.82) is 0 Å². The van der Waals surface area contributed by atoms with Gasteiger partial charge in [0.1, 0.15) is 11.6 Å². The van der Waals surface area contributed by atoms with Crippen molar-refractivity contribution in [3.8, 4) is 0 Å². The van der Waals surface area contributed by atoms with E-state index in [1.54, 1.807) is 12.1 Å². The first-order chi connectivity index (χ1) is 10.1. The molecule has 1 heterocycles. The normalized spacial score (nSPS) is 12.0. The van der Waals surface area contributed by atoms with E-state index >= 15 is 0 Å². The van der Waals surface area contributed by atoms with Crippen molar-refractivity contribution in [2.45, 2.75) is 39.8 Å². The maximum atomic E-state index is 12.9. The number of halogens is 1. The van der Waals surface area contributed by atoms with Crippen LogP contribution in [0.2, 0.25) is 0 Å². The van der Waals surface area contributed by atoms with Crippen LogP contribution < -0.4 is 10.6 Å². The number of anilines is 2. The molecule has 0 fully saturated rings. The summed E-state index contributed by atoms with van der Waals surface area (Å²) in [5, 5.41) is 6.51. The average molecular weight is 288 g/mol. The van der Waals surface area contributed by atoms with Gasteiger partial charge in [0.15, 0.2) is 0 Å². The zero-order chi connectivity index (χ0) is 15.2. The molecule has 0 spiro atoms. The molecular formula is C16H21FN4. The van der Waals surface area contributed by atoms with Crippen LogP contribution in [0.1, 0.15) is 31.5 Å². The van der Waals surface area contributed by atoms with Gasteiger partial charge >= 0.3 is 0 Å². The molecule has 5 heteroatoms. The van der Waals surface area contributed by atoms with Crippen molar-refractivity contribution in [3.63, 3.8) is 0 Å². The van der Waals surface area contributed by atoms with E-state index in [9.17, 15) is 4.39 Å². The summed E-state index contributed by atoms with van der Waals surface area (Å²) < 4.78 is 12.9. The third-order valence-corrected chi connectivity index (χ3v) is 3.23. The first-order valence-electron chi connectivity index (χ1n) is 7.17. The SMILES string of the molecule is CCC(C)Nc1nc(C)cc(NCc2ccc(F)cc2)n1. The third-order valence-electron chi connectivity index (χ3n) is 3.23. The Morgan fingerprint density at radius 2 is 1.90 bits per heavy atom. The Morgan fingerprint density at radius 1 is 1.19 bits per heavy atom. The van der Waals surface area contributed by atoms with E-state index in [4.69, 9.17) is 0 Å². The summed E-state index contributed by atoms with van der Waals surface area (Å²) in [6.45, 7) is 6.74. The number of nitrogens with zero attached hydrogens (tertiary/aromatic N) is 2. The largest absolute Gasteiger partial charge is 0.366 e. The predicted octanol–water partition coefficient (Wildman–Crippen LogP) is 3.75. The predicted molar refractivity (Wildman–Crippen MR) is 83.9 cm³/mol. The average Bonchev–Trinajstić information content (AvgIpc) is 2.46. The van der Waals surface area contributed by atoms with E-state index in [2.05, 4.69) is 34.4 Å². The fourth-order valence-corrected chi connectivity index (χ4v) is 1.84. The van der Waals surface area contributed by atoms with Gasteiger partial charge in [-0.2, -0.15) is 4.98 Å². The highest BCUT2D eigenvalue weighted by Crippen LogP contribution is 2.13. The Hall–Kier alpha value is -2.17. The van der Waals surface area contributed by atoms with Gasteiger partial charge in [-0.25, -0.2) is 9.37 Å². The van der Waals surface area contributed by atoms with E-state index < -0.39 is 0 Å². The van der Waals surface area contributed by atoms with Crippen molar-refractivity contribution >= 4 is 11.8 Å². The van der Waals surface area contributed by atoms with Crippen LogP contribution >= 0.6 is 0 Å². The topological polar surface area (TPSA) is 49.8 Å². The second-order valence-corrected chi connectivity index (χ2v) is 5.15. The van der Waals surface area contributed by atoms with Crippen molar-refractivity contribution in [3.05, 3.63) is 47.4 Å². The lowest BCUT2D eigenvalue weighted by Crippen LogP contribution is -2.16. The third kappa shape index (κ3) is 4.70. The van der Waals surface area contributed by atoms with Gasteiger partial charge in [0.25, 0.3) is 0 Å². The van der Waals surface area contributed by atoms with Crippen LogP contribution in [0.5, 0.6) is 0 Å². The van der Waals surface area contributed by atoms with E-state index in [0.717, 1.165) is 23.5 Å². The van der Waals surface area contributed by atoms with Crippen LogP contribution in [0.3, 0.4) is 0 Å². The highest BCUT2D eigenvalue weighted by Gasteiger charge is 2.05. The molecule has 1 unspecified atom stereocenters. The first kappa shape index (κ1) is 15.2. The number of nitrogens with one attached hydrogen (secondary N) is 2. The van der Waals surface area contributed by atoms with Crippen molar-refractivity contribution < 1.29 is 4.39 Å². The second-order valence-electron chi connectivity index (χ2n) is 5.15. The van der Waals surface area contributed by atoms with Crippen LogP contribution in [-0.4, -0.2) is 16.0 Å². The fourth-order valence-electron chi connectivity index (χ4n) is 1.84. The first-order valence-corrected chi connectivity index (χ1v) is 7.17. The molecule has 112 valence electrons. The minimum atomic E-state index is -0.225. The van der Waals surface area contributed by atoms with Gasteiger partial charge in [-0.15, -0.1) is 0 Å². The molecule has 1 atom stereocenters. The smallest absolute Gasteiger partial charge is 0.225 e. The molecule has 1 aromatic carbocycles. The highest BCUT2D eigenvalue weighted by molar-refractivity contribution is 5.43. The van der Waals surface area contributed by atoms with Crippen molar-refractivity contribution in [2.24, 2.45) is 0 Å². The molecule has 0 aliphatic carbocycles. The molecule has 0 aliphatic heterocycles. The molecule has 2 N–H and O–H groups in total. The van der Waals surface area contributed by atoms with Gasteiger partial charge in [0.2, 0.25) is 5.95 Å². The molecule has 0 amide bonds. The second kappa shape index (κ2) is 7.02. The van der Waals surface area contributed by atoms with E-state index in [1.165, 1.54) is 12.1 Å². The van der Waals surface area contributed by atoms with Crippen molar-refractivity contribution in [1.82, 2.24) is 9.97 Å². The molecular weight excluding hydrogens is 267 g/mol. The molecule has 21 heavy (non-hydrogen) atoms. The lowest BCUT2D eigenvalue weighted by molar-refractivity contribution is 0.627. The standard InChI is InChI=1S/C16H21FN4/c1-4-11(2)19-16-20-12(3)9-15(21-16)18-10-13-5-7-14(17)8-6-13/h5-9,11H,4,10H2,1-3H3,(H2,18,19,20,21). The zero-order valence-electron chi connectivity index (χ0n) is 12.7. The molecule has 0 saturated heterocycles. The highest BCUT2D eigenvalue weighted by atomic mass is 19.1. The number of aromatic nitrogens is 2. The van der Waals surface area contributed by atoms with E-state index in [-0.39, 0.29) is 5.82 Å².